The van der Waals surface area contributed by atoms with E-state index in [4.69, 9.17) is 0 Å². The maximum absolute atomic E-state index is 12.2. The number of carbonyl (C=O) groups excluding carboxylic acids is 2. The van der Waals surface area contributed by atoms with Crippen molar-refractivity contribution in [2.75, 3.05) is 13.7 Å². The van der Waals surface area contributed by atoms with Gasteiger partial charge in [0.25, 0.3) is 0 Å². The predicted molar refractivity (Wildman–Crippen MR) is 76.4 cm³/mol. The molecule has 1 aromatic carbocycles. The molecule has 2 rings (SSSR count). The summed E-state index contributed by atoms with van der Waals surface area (Å²) in [4.78, 5) is 23.2. The highest BCUT2D eigenvalue weighted by Crippen LogP contribution is 2.31. The van der Waals surface area contributed by atoms with Crippen LogP contribution in [0.4, 0.5) is 0 Å². The van der Waals surface area contributed by atoms with Crippen molar-refractivity contribution in [3.05, 3.63) is 35.4 Å². The van der Waals surface area contributed by atoms with E-state index in [0.717, 1.165) is 24.8 Å². The van der Waals surface area contributed by atoms with Gasteiger partial charge in [-0.15, -0.1) is 0 Å². The Hall–Kier alpha value is -1.84. The minimum Gasteiger partial charge on any atom is -0.469 e. The summed E-state index contributed by atoms with van der Waals surface area (Å²) in [5, 5.41) is 2.93. The van der Waals surface area contributed by atoms with Crippen molar-refractivity contribution < 1.29 is 14.3 Å². The van der Waals surface area contributed by atoms with Crippen molar-refractivity contribution in [3.63, 3.8) is 0 Å². The number of ether oxygens (including phenoxy) is 1. The normalized spacial score (nSPS) is 17.1. The standard InChI is InChI=1S/C16H21NO3/c1-20-15(18)10-5-11-17-16(19)14-9-4-7-12-6-2-3-8-13(12)14/h2-3,6,8,14H,4-5,7,9-11H2,1H3,(H,17,19). The first-order chi connectivity index (χ1) is 9.72. The number of aryl methyl sites for hydroxylation is 1. The third-order valence-corrected chi connectivity index (χ3v) is 3.77. The van der Waals surface area contributed by atoms with Gasteiger partial charge in [0.1, 0.15) is 0 Å². The summed E-state index contributed by atoms with van der Waals surface area (Å²) < 4.78 is 4.57. The summed E-state index contributed by atoms with van der Waals surface area (Å²) in [7, 11) is 1.37. The molecule has 1 aliphatic rings. The molecule has 0 fully saturated rings. The highest BCUT2D eigenvalue weighted by atomic mass is 16.5. The van der Waals surface area contributed by atoms with E-state index in [1.54, 1.807) is 0 Å². The molecule has 1 aromatic rings. The average Bonchev–Trinajstić information content (AvgIpc) is 2.50. The molecule has 4 heteroatoms. The number of hydrogen-bond acceptors (Lipinski definition) is 3. The molecular weight excluding hydrogens is 254 g/mol. The Labute approximate surface area is 119 Å². The molecule has 1 amide bonds. The highest BCUT2D eigenvalue weighted by Gasteiger charge is 2.25. The van der Waals surface area contributed by atoms with Crippen molar-refractivity contribution >= 4 is 11.9 Å². The van der Waals surface area contributed by atoms with Crippen LogP contribution in [-0.2, 0) is 20.7 Å². The van der Waals surface area contributed by atoms with Gasteiger partial charge in [-0.2, -0.15) is 0 Å². The largest absolute Gasteiger partial charge is 0.469 e. The SMILES string of the molecule is COC(=O)CCCNC(=O)C1CCCc2ccccc21. The zero-order chi connectivity index (χ0) is 14.4. The number of nitrogens with one attached hydrogen (secondary N) is 1. The first kappa shape index (κ1) is 14.6. The quantitative estimate of drug-likeness (QED) is 0.662. The summed E-state index contributed by atoms with van der Waals surface area (Å²) in [6.45, 7) is 0.520. The van der Waals surface area contributed by atoms with Gasteiger partial charge >= 0.3 is 5.97 Å². The lowest BCUT2D eigenvalue weighted by Crippen LogP contribution is -2.32. The van der Waals surface area contributed by atoms with Crippen molar-refractivity contribution in [2.45, 2.75) is 38.0 Å². The molecule has 4 nitrogen and oxygen atoms in total. The lowest BCUT2D eigenvalue weighted by molar-refractivity contribution is -0.140. The Bertz CT molecular complexity index is 484. The van der Waals surface area contributed by atoms with Gasteiger partial charge in [0, 0.05) is 13.0 Å². The molecular formula is C16H21NO3. The second-order valence-corrected chi connectivity index (χ2v) is 5.11. The number of hydrogen-bond donors (Lipinski definition) is 1. The third kappa shape index (κ3) is 3.59. The predicted octanol–water partition coefficient (Wildman–Crippen LogP) is 2.18. The maximum Gasteiger partial charge on any atom is 0.305 e. The molecule has 1 unspecified atom stereocenters. The van der Waals surface area contributed by atoms with Crippen LogP contribution in [0.3, 0.4) is 0 Å². The Kier molecular flexibility index (Phi) is 5.16. The smallest absolute Gasteiger partial charge is 0.305 e. The molecule has 0 radical (unpaired) electrons. The Morgan fingerprint density at radius 2 is 2.15 bits per heavy atom. The van der Waals surface area contributed by atoms with Gasteiger partial charge in [0.2, 0.25) is 5.91 Å². The second-order valence-electron chi connectivity index (χ2n) is 5.11. The van der Waals surface area contributed by atoms with Crippen LogP contribution in [0.5, 0.6) is 0 Å². The number of carbonyl (C=O) groups is 2. The zero-order valence-corrected chi connectivity index (χ0v) is 11.9. The van der Waals surface area contributed by atoms with E-state index in [1.807, 2.05) is 18.2 Å². The van der Waals surface area contributed by atoms with Gasteiger partial charge in [-0.05, 0) is 36.8 Å². The van der Waals surface area contributed by atoms with Crippen LogP contribution >= 0.6 is 0 Å². The highest BCUT2D eigenvalue weighted by molar-refractivity contribution is 5.84. The van der Waals surface area contributed by atoms with Crippen LogP contribution in [-0.4, -0.2) is 25.5 Å². The lowest BCUT2D eigenvalue weighted by Gasteiger charge is -2.24. The van der Waals surface area contributed by atoms with Gasteiger partial charge in [-0.25, -0.2) is 0 Å². The molecule has 0 aromatic heterocycles. The third-order valence-electron chi connectivity index (χ3n) is 3.77. The zero-order valence-electron chi connectivity index (χ0n) is 11.9. The minimum atomic E-state index is -0.234. The van der Waals surface area contributed by atoms with Gasteiger partial charge in [-0.1, -0.05) is 24.3 Å². The summed E-state index contributed by atoms with van der Waals surface area (Å²) in [6, 6.07) is 8.16. The van der Waals surface area contributed by atoms with E-state index in [2.05, 4.69) is 16.1 Å². The van der Waals surface area contributed by atoms with Crippen LogP contribution < -0.4 is 5.32 Å². The van der Waals surface area contributed by atoms with Crippen LogP contribution in [0.25, 0.3) is 0 Å². The van der Waals surface area contributed by atoms with Crippen LogP contribution in [0.2, 0.25) is 0 Å². The van der Waals surface area contributed by atoms with E-state index in [9.17, 15) is 9.59 Å². The van der Waals surface area contributed by atoms with Crippen molar-refractivity contribution in [2.24, 2.45) is 0 Å². The van der Waals surface area contributed by atoms with Crippen molar-refractivity contribution in [1.82, 2.24) is 5.32 Å². The number of benzene rings is 1. The maximum atomic E-state index is 12.2. The molecule has 1 atom stereocenters. The molecule has 0 spiro atoms. The van der Waals surface area contributed by atoms with Gasteiger partial charge in [-0.3, -0.25) is 9.59 Å². The number of esters is 1. The van der Waals surface area contributed by atoms with Crippen molar-refractivity contribution in [3.8, 4) is 0 Å². The fourth-order valence-corrected chi connectivity index (χ4v) is 2.70. The summed E-state index contributed by atoms with van der Waals surface area (Å²) in [6.07, 6.45) is 3.98. The van der Waals surface area contributed by atoms with Gasteiger partial charge < -0.3 is 10.1 Å². The monoisotopic (exact) mass is 275 g/mol. The Morgan fingerprint density at radius 1 is 1.35 bits per heavy atom. The van der Waals surface area contributed by atoms with Crippen LogP contribution in [0.1, 0.15) is 42.7 Å². The molecule has 20 heavy (non-hydrogen) atoms. The van der Waals surface area contributed by atoms with Gasteiger partial charge in [0.15, 0.2) is 0 Å². The fraction of sp³-hybridized carbons (Fsp3) is 0.500. The number of rotatable bonds is 5. The van der Waals surface area contributed by atoms with Crippen molar-refractivity contribution in [1.29, 1.82) is 0 Å². The lowest BCUT2D eigenvalue weighted by atomic mass is 9.82. The van der Waals surface area contributed by atoms with E-state index in [-0.39, 0.29) is 17.8 Å². The van der Waals surface area contributed by atoms with E-state index in [0.29, 0.717) is 19.4 Å². The first-order valence-corrected chi connectivity index (χ1v) is 7.14. The molecule has 0 saturated carbocycles. The molecule has 0 bridgehead atoms. The van der Waals surface area contributed by atoms with Crippen LogP contribution in [0, 0.1) is 0 Å². The summed E-state index contributed by atoms with van der Waals surface area (Å²) >= 11 is 0. The Morgan fingerprint density at radius 3 is 2.95 bits per heavy atom. The summed E-state index contributed by atoms with van der Waals surface area (Å²) in [5.74, 6) is -0.206. The summed E-state index contributed by atoms with van der Waals surface area (Å²) in [5.41, 5.74) is 2.44. The molecule has 0 aliphatic heterocycles. The molecule has 0 heterocycles. The van der Waals surface area contributed by atoms with Gasteiger partial charge in [0.05, 0.1) is 13.0 Å². The molecule has 1 N–H and O–H groups in total. The average molecular weight is 275 g/mol. The molecule has 0 saturated heterocycles. The number of amides is 1. The second kappa shape index (κ2) is 7.08. The number of fused-ring (bicyclic) bond motifs is 1. The van der Waals surface area contributed by atoms with Crippen LogP contribution in [0.15, 0.2) is 24.3 Å². The molecule has 108 valence electrons. The van der Waals surface area contributed by atoms with E-state index >= 15 is 0 Å². The minimum absolute atomic E-state index is 0.0434. The molecule has 1 aliphatic carbocycles. The van der Waals surface area contributed by atoms with E-state index in [1.165, 1.54) is 12.7 Å². The topological polar surface area (TPSA) is 55.4 Å². The fourth-order valence-electron chi connectivity index (χ4n) is 2.70. The first-order valence-electron chi connectivity index (χ1n) is 7.14. The van der Waals surface area contributed by atoms with E-state index < -0.39 is 0 Å². The number of methoxy groups -OCH3 is 1. The Balaban J connectivity index is 1.86.